The minimum atomic E-state index is -0.0985. The molecule has 1 aromatic heterocycles. The number of hydrogen-bond donors (Lipinski definition) is 1. The number of halogens is 1. The van der Waals surface area contributed by atoms with Crippen molar-refractivity contribution in [2.45, 2.75) is 64.1 Å². The number of hydrogen-bond acceptors (Lipinski definition) is 3. The summed E-state index contributed by atoms with van der Waals surface area (Å²) in [5.41, 5.74) is 1.11. The minimum absolute atomic E-state index is 0.0985. The van der Waals surface area contributed by atoms with Crippen LogP contribution in [0.25, 0.3) is 0 Å². The second-order valence-electron chi connectivity index (χ2n) is 5.84. The van der Waals surface area contributed by atoms with Gasteiger partial charge in [0, 0.05) is 12.6 Å². The van der Waals surface area contributed by atoms with E-state index in [0.717, 1.165) is 23.9 Å². The molecule has 1 N–H and O–H groups in total. The zero-order valence-electron chi connectivity index (χ0n) is 12.9. The largest absolute Gasteiger partial charge is 0.373 e. The van der Waals surface area contributed by atoms with Crippen LogP contribution >= 0.6 is 15.9 Å². The monoisotopic (exact) mass is 343 g/mol. The fourth-order valence-electron chi connectivity index (χ4n) is 3.46. The van der Waals surface area contributed by atoms with Gasteiger partial charge in [-0.15, -0.1) is 0 Å². The fourth-order valence-corrected chi connectivity index (χ4v) is 3.96. The first kappa shape index (κ1) is 16.0. The molecular weight excluding hydrogens is 318 g/mol. The molecule has 20 heavy (non-hydrogen) atoms. The van der Waals surface area contributed by atoms with Gasteiger partial charge in [0.2, 0.25) is 0 Å². The van der Waals surface area contributed by atoms with Gasteiger partial charge < -0.3 is 10.1 Å². The maximum absolute atomic E-state index is 6.23. The van der Waals surface area contributed by atoms with Gasteiger partial charge in [0.25, 0.3) is 0 Å². The van der Waals surface area contributed by atoms with Crippen molar-refractivity contribution in [2.75, 3.05) is 13.7 Å². The summed E-state index contributed by atoms with van der Waals surface area (Å²) >= 11 is 3.67. The predicted molar refractivity (Wildman–Crippen MR) is 84.9 cm³/mol. The van der Waals surface area contributed by atoms with E-state index in [1.807, 2.05) is 13.2 Å². The molecule has 1 fully saturated rings. The first-order valence-corrected chi connectivity index (χ1v) is 8.39. The van der Waals surface area contributed by atoms with Gasteiger partial charge in [-0.2, -0.15) is 5.10 Å². The average Bonchev–Trinajstić information content (AvgIpc) is 3.00. The fraction of sp³-hybridized carbons (Fsp3) is 0.800. The summed E-state index contributed by atoms with van der Waals surface area (Å²) in [5, 5.41) is 8.01. The smallest absolute Gasteiger partial charge is 0.0891 e. The van der Waals surface area contributed by atoms with Crippen molar-refractivity contribution in [1.29, 1.82) is 0 Å². The first-order chi connectivity index (χ1) is 9.55. The molecule has 114 valence electrons. The molecule has 4 nitrogen and oxygen atoms in total. The molecular formula is C15H26BrN3O. The Bertz CT molecular complexity index is 438. The molecule has 0 saturated heterocycles. The Labute approximate surface area is 130 Å². The molecule has 1 aliphatic carbocycles. The van der Waals surface area contributed by atoms with Gasteiger partial charge in [0.05, 0.1) is 28.0 Å². The number of rotatable bonds is 6. The molecule has 0 radical (unpaired) electrons. The van der Waals surface area contributed by atoms with Gasteiger partial charge in [-0.05, 0) is 56.6 Å². The Balaban J connectivity index is 2.43. The van der Waals surface area contributed by atoms with E-state index in [-0.39, 0.29) is 11.6 Å². The molecule has 0 amide bonds. The van der Waals surface area contributed by atoms with E-state index < -0.39 is 0 Å². The third-order valence-corrected chi connectivity index (χ3v) is 4.86. The van der Waals surface area contributed by atoms with Crippen LogP contribution in [-0.4, -0.2) is 29.0 Å². The summed E-state index contributed by atoms with van der Waals surface area (Å²) in [6, 6.07) is 0.511. The van der Waals surface area contributed by atoms with E-state index in [2.05, 4.69) is 51.8 Å². The van der Waals surface area contributed by atoms with Gasteiger partial charge in [-0.1, -0.05) is 12.8 Å². The van der Waals surface area contributed by atoms with Gasteiger partial charge >= 0.3 is 0 Å². The molecule has 1 aromatic rings. The molecule has 1 aliphatic rings. The highest BCUT2D eigenvalue weighted by molar-refractivity contribution is 9.10. The Morgan fingerprint density at radius 1 is 1.45 bits per heavy atom. The standard InChI is InChI=1S/C15H26BrN3O/c1-5-20-15(8-6-7-9-15)14(17-4)13-12(16)10-18-19(13)11(2)3/h10-11,14,17H,5-9H2,1-4H3. The quantitative estimate of drug-likeness (QED) is 0.852. The normalized spacial score (nSPS) is 19.7. The van der Waals surface area contributed by atoms with E-state index in [1.54, 1.807) is 0 Å². The van der Waals surface area contributed by atoms with Crippen LogP contribution in [0.15, 0.2) is 10.7 Å². The summed E-state index contributed by atoms with van der Waals surface area (Å²) in [6.45, 7) is 7.17. The lowest BCUT2D eigenvalue weighted by atomic mass is 9.89. The SMILES string of the molecule is CCOC1(C(NC)c2c(Br)cnn2C(C)C)CCCC1. The zero-order chi connectivity index (χ0) is 14.8. The molecule has 5 heteroatoms. The lowest BCUT2D eigenvalue weighted by Crippen LogP contribution is -2.44. The van der Waals surface area contributed by atoms with Gasteiger partial charge in [-0.3, -0.25) is 4.68 Å². The highest BCUT2D eigenvalue weighted by Gasteiger charge is 2.44. The average molecular weight is 344 g/mol. The first-order valence-electron chi connectivity index (χ1n) is 7.60. The van der Waals surface area contributed by atoms with Crippen LogP contribution in [0.5, 0.6) is 0 Å². The molecule has 1 unspecified atom stereocenters. The van der Waals surface area contributed by atoms with Crippen molar-refractivity contribution >= 4 is 15.9 Å². The predicted octanol–water partition coefficient (Wildman–Crippen LogP) is 3.84. The van der Waals surface area contributed by atoms with Crippen LogP contribution in [0.1, 0.15) is 64.2 Å². The second kappa shape index (κ2) is 6.58. The summed E-state index contributed by atoms with van der Waals surface area (Å²) < 4.78 is 9.40. The Morgan fingerprint density at radius 3 is 2.60 bits per heavy atom. The van der Waals surface area contributed by atoms with Gasteiger partial charge in [-0.25, -0.2) is 0 Å². The lowest BCUT2D eigenvalue weighted by molar-refractivity contribution is -0.0632. The topological polar surface area (TPSA) is 39.1 Å². The van der Waals surface area contributed by atoms with Crippen LogP contribution in [0.4, 0.5) is 0 Å². The van der Waals surface area contributed by atoms with Crippen molar-refractivity contribution in [1.82, 2.24) is 15.1 Å². The van der Waals surface area contributed by atoms with Crippen molar-refractivity contribution in [3.8, 4) is 0 Å². The number of nitrogens with one attached hydrogen (secondary N) is 1. The molecule has 1 saturated carbocycles. The van der Waals surface area contributed by atoms with Crippen molar-refractivity contribution in [2.24, 2.45) is 0 Å². The molecule has 0 bridgehead atoms. The Morgan fingerprint density at radius 2 is 2.10 bits per heavy atom. The summed E-state index contributed by atoms with van der Waals surface area (Å²) in [5.74, 6) is 0. The van der Waals surface area contributed by atoms with E-state index >= 15 is 0 Å². The van der Waals surface area contributed by atoms with Gasteiger partial charge in [0.15, 0.2) is 0 Å². The van der Waals surface area contributed by atoms with Crippen molar-refractivity contribution in [3.63, 3.8) is 0 Å². The Kier molecular flexibility index (Phi) is 5.26. The highest BCUT2D eigenvalue weighted by atomic mass is 79.9. The van der Waals surface area contributed by atoms with Gasteiger partial charge in [0.1, 0.15) is 0 Å². The maximum atomic E-state index is 6.23. The van der Waals surface area contributed by atoms with Crippen LogP contribution in [0.3, 0.4) is 0 Å². The highest BCUT2D eigenvalue weighted by Crippen LogP contribution is 2.44. The van der Waals surface area contributed by atoms with Crippen molar-refractivity contribution in [3.05, 3.63) is 16.4 Å². The van der Waals surface area contributed by atoms with Crippen LogP contribution < -0.4 is 5.32 Å². The minimum Gasteiger partial charge on any atom is -0.373 e. The number of ether oxygens (including phenoxy) is 1. The molecule has 2 rings (SSSR count). The Hall–Kier alpha value is -0.390. The lowest BCUT2D eigenvalue weighted by Gasteiger charge is -2.38. The second-order valence-corrected chi connectivity index (χ2v) is 6.70. The third-order valence-electron chi connectivity index (χ3n) is 4.25. The number of likely N-dealkylation sites (N-methyl/N-ethyl adjacent to an activating group) is 1. The summed E-state index contributed by atoms with van der Waals surface area (Å²) in [7, 11) is 2.02. The van der Waals surface area contributed by atoms with E-state index in [4.69, 9.17) is 4.74 Å². The van der Waals surface area contributed by atoms with E-state index in [0.29, 0.717) is 6.04 Å². The molecule has 1 atom stereocenters. The number of nitrogens with zero attached hydrogens (tertiary/aromatic N) is 2. The molecule has 0 spiro atoms. The molecule has 0 aromatic carbocycles. The van der Waals surface area contributed by atoms with Crippen LogP contribution in [0, 0.1) is 0 Å². The van der Waals surface area contributed by atoms with E-state index in [1.165, 1.54) is 18.5 Å². The molecule has 1 heterocycles. The zero-order valence-corrected chi connectivity index (χ0v) is 14.5. The summed E-state index contributed by atoms with van der Waals surface area (Å²) in [4.78, 5) is 0. The number of aromatic nitrogens is 2. The molecule has 0 aliphatic heterocycles. The third kappa shape index (κ3) is 2.81. The maximum Gasteiger partial charge on any atom is 0.0891 e. The van der Waals surface area contributed by atoms with E-state index in [9.17, 15) is 0 Å². The van der Waals surface area contributed by atoms with Crippen LogP contribution in [0.2, 0.25) is 0 Å². The van der Waals surface area contributed by atoms with Crippen LogP contribution in [-0.2, 0) is 4.74 Å². The summed E-state index contributed by atoms with van der Waals surface area (Å²) in [6.07, 6.45) is 6.61. The van der Waals surface area contributed by atoms with Crippen molar-refractivity contribution < 1.29 is 4.74 Å².